The Morgan fingerprint density at radius 2 is 1.43 bits per heavy atom. The number of nitrogens with one attached hydrogen (secondary N) is 3. The number of carboxylic acids is 2. The van der Waals surface area contributed by atoms with Gasteiger partial charge in [-0.1, -0.05) is 20.3 Å². The second kappa shape index (κ2) is 18.2. The first kappa shape index (κ1) is 33.9. The van der Waals surface area contributed by atoms with Crippen molar-refractivity contribution in [3.05, 3.63) is 0 Å². The molecule has 5 unspecified atom stereocenters. The minimum absolute atomic E-state index is 0.0508. The first-order valence-corrected chi connectivity index (χ1v) is 13.4. The molecule has 0 radical (unpaired) electrons. The summed E-state index contributed by atoms with van der Waals surface area (Å²) in [5.41, 5.74) is 16.6. The van der Waals surface area contributed by atoms with E-state index < -0.39 is 60.2 Å². The lowest BCUT2D eigenvalue weighted by Gasteiger charge is -2.26. The third kappa shape index (κ3) is 14.3. The van der Waals surface area contributed by atoms with Crippen LogP contribution in [0.25, 0.3) is 0 Å². The zero-order valence-corrected chi connectivity index (χ0v) is 22.4. The van der Waals surface area contributed by atoms with Gasteiger partial charge in [0.25, 0.3) is 0 Å². The predicted octanol–water partition coefficient (Wildman–Crippen LogP) is -1.43. The standard InChI is InChI=1S/C22H41N7O7S/c1-4-12(2)17(23)20(34)28-14(7-8-16(30)31)19(33)27-13(6-5-10-26-22(24)25)18(32)29-15(21(35)36)9-11-37-3/h12-15,17H,4-11,23H2,1-3H3,(H,27,33)(H,28,34)(H,29,32)(H,30,31)(H,35,36)(H4,24,25,26). The zero-order valence-electron chi connectivity index (χ0n) is 21.6. The maximum Gasteiger partial charge on any atom is 0.326 e. The van der Waals surface area contributed by atoms with Gasteiger partial charge in [-0.05, 0) is 43.6 Å². The third-order valence-electron chi connectivity index (χ3n) is 5.64. The molecule has 0 heterocycles. The van der Waals surface area contributed by atoms with Crippen molar-refractivity contribution >= 4 is 47.4 Å². The largest absolute Gasteiger partial charge is 0.481 e. The van der Waals surface area contributed by atoms with Crippen LogP contribution in [0.5, 0.6) is 0 Å². The van der Waals surface area contributed by atoms with Crippen LogP contribution in [0, 0.1) is 5.92 Å². The minimum Gasteiger partial charge on any atom is -0.481 e. The highest BCUT2D eigenvalue weighted by Crippen LogP contribution is 2.09. The van der Waals surface area contributed by atoms with E-state index in [2.05, 4.69) is 20.9 Å². The molecule has 0 saturated carbocycles. The van der Waals surface area contributed by atoms with Crippen molar-refractivity contribution in [1.82, 2.24) is 16.0 Å². The molecule has 0 aliphatic rings. The molecule has 11 N–H and O–H groups in total. The Hall–Kier alpha value is -3.07. The summed E-state index contributed by atoms with van der Waals surface area (Å²) in [6.07, 6.45) is 2.23. The van der Waals surface area contributed by atoms with Gasteiger partial charge in [0.1, 0.15) is 18.1 Å². The van der Waals surface area contributed by atoms with Crippen LogP contribution < -0.4 is 33.2 Å². The summed E-state index contributed by atoms with van der Waals surface area (Å²) in [7, 11) is 0. The highest BCUT2D eigenvalue weighted by Gasteiger charge is 2.31. The Kier molecular flexibility index (Phi) is 16.7. The number of carbonyl (C=O) groups excluding carboxylic acids is 3. The number of nitrogens with zero attached hydrogens (tertiary/aromatic N) is 1. The number of hydrogen-bond donors (Lipinski definition) is 8. The number of rotatable bonds is 19. The van der Waals surface area contributed by atoms with Gasteiger partial charge in [0, 0.05) is 13.0 Å². The molecule has 0 rings (SSSR count). The molecule has 0 aromatic rings. The number of carboxylic acid groups (broad SMARTS) is 2. The normalized spacial score (nSPS) is 14.8. The molecule has 0 aromatic heterocycles. The quantitative estimate of drug-likeness (QED) is 0.0528. The Labute approximate surface area is 220 Å². The summed E-state index contributed by atoms with van der Waals surface area (Å²) in [4.78, 5) is 65.1. The molecule has 0 fully saturated rings. The molecular weight excluding hydrogens is 506 g/mol. The van der Waals surface area contributed by atoms with Gasteiger partial charge in [0.15, 0.2) is 5.96 Å². The Bertz CT molecular complexity index is 808. The Morgan fingerprint density at radius 3 is 1.92 bits per heavy atom. The van der Waals surface area contributed by atoms with Gasteiger partial charge in [-0.25, -0.2) is 4.79 Å². The van der Waals surface area contributed by atoms with Gasteiger partial charge in [-0.2, -0.15) is 11.8 Å². The molecule has 0 aliphatic heterocycles. The Balaban J connectivity index is 5.70. The number of guanidine groups is 1. The number of aliphatic imine (C=N–C) groups is 1. The summed E-state index contributed by atoms with van der Waals surface area (Å²) >= 11 is 1.41. The predicted molar refractivity (Wildman–Crippen MR) is 141 cm³/mol. The van der Waals surface area contributed by atoms with Crippen LogP contribution in [0.1, 0.15) is 52.4 Å². The van der Waals surface area contributed by atoms with Crippen LogP contribution in [0.15, 0.2) is 4.99 Å². The van der Waals surface area contributed by atoms with Crippen LogP contribution in [0.2, 0.25) is 0 Å². The van der Waals surface area contributed by atoms with Gasteiger partial charge >= 0.3 is 11.9 Å². The van der Waals surface area contributed by atoms with E-state index in [9.17, 15) is 29.1 Å². The minimum atomic E-state index is -1.28. The van der Waals surface area contributed by atoms with Crippen molar-refractivity contribution in [3.8, 4) is 0 Å². The van der Waals surface area contributed by atoms with E-state index in [4.69, 9.17) is 22.3 Å². The third-order valence-corrected chi connectivity index (χ3v) is 6.29. The maximum absolute atomic E-state index is 13.1. The fourth-order valence-electron chi connectivity index (χ4n) is 3.13. The van der Waals surface area contributed by atoms with Gasteiger partial charge in [-0.3, -0.25) is 24.2 Å². The maximum atomic E-state index is 13.1. The number of hydrogen-bond acceptors (Lipinski definition) is 8. The van der Waals surface area contributed by atoms with E-state index in [0.29, 0.717) is 12.2 Å². The summed E-state index contributed by atoms with van der Waals surface area (Å²) in [6.45, 7) is 3.77. The van der Waals surface area contributed by atoms with E-state index >= 15 is 0 Å². The fourth-order valence-corrected chi connectivity index (χ4v) is 3.60. The first-order valence-electron chi connectivity index (χ1n) is 12.0. The van der Waals surface area contributed by atoms with Crippen LogP contribution in [0.4, 0.5) is 0 Å². The van der Waals surface area contributed by atoms with Gasteiger partial charge in [-0.15, -0.1) is 0 Å². The average Bonchev–Trinajstić information content (AvgIpc) is 2.83. The second-order valence-electron chi connectivity index (χ2n) is 8.60. The number of thioether (sulfide) groups is 1. The highest BCUT2D eigenvalue weighted by molar-refractivity contribution is 7.98. The SMILES string of the molecule is CCC(C)C(N)C(=O)NC(CCC(=O)O)C(=O)NC(CCCN=C(N)N)C(=O)NC(CCSC)C(=O)O. The molecule has 37 heavy (non-hydrogen) atoms. The van der Waals surface area contributed by atoms with Crippen LogP contribution in [0.3, 0.4) is 0 Å². The van der Waals surface area contributed by atoms with Crippen LogP contribution >= 0.6 is 11.8 Å². The van der Waals surface area contributed by atoms with Gasteiger partial charge < -0.3 is 43.4 Å². The van der Waals surface area contributed by atoms with Crippen molar-refractivity contribution < 1.29 is 34.2 Å². The lowest BCUT2D eigenvalue weighted by Crippen LogP contribution is -2.57. The molecule has 0 aliphatic carbocycles. The molecule has 5 atom stereocenters. The molecular formula is C22H41N7O7S. The van der Waals surface area contributed by atoms with Gasteiger partial charge in [0.05, 0.1) is 6.04 Å². The topological polar surface area (TPSA) is 252 Å². The Morgan fingerprint density at radius 1 is 0.892 bits per heavy atom. The number of nitrogens with two attached hydrogens (primary N) is 3. The molecule has 3 amide bonds. The molecule has 14 nitrogen and oxygen atoms in total. The zero-order chi connectivity index (χ0) is 28.5. The summed E-state index contributed by atoms with van der Waals surface area (Å²) in [5.74, 6) is -4.43. The lowest BCUT2D eigenvalue weighted by molar-refractivity contribution is -0.142. The molecule has 0 aromatic carbocycles. The fraction of sp³-hybridized carbons (Fsp3) is 0.727. The molecule has 0 saturated heterocycles. The summed E-state index contributed by atoms with van der Waals surface area (Å²) < 4.78 is 0. The second-order valence-corrected chi connectivity index (χ2v) is 9.58. The number of carbonyl (C=O) groups is 5. The van der Waals surface area contributed by atoms with E-state index in [-0.39, 0.29) is 44.1 Å². The summed E-state index contributed by atoms with van der Waals surface area (Å²) in [6, 6.07) is -4.56. The summed E-state index contributed by atoms with van der Waals surface area (Å²) in [5, 5.41) is 25.9. The van der Waals surface area contributed by atoms with E-state index in [1.54, 1.807) is 13.2 Å². The number of aliphatic carboxylic acids is 2. The van der Waals surface area contributed by atoms with Crippen LogP contribution in [-0.2, 0) is 24.0 Å². The van der Waals surface area contributed by atoms with Crippen molar-refractivity contribution in [1.29, 1.82) is 0 Å². The van der Waals surface area contributed by atoms with E-state index in [0.717, 1.165) is 0 Å². The highest BCUT2D eigenvalue weighted by atomic mass is 32.2. The van der Waals surface area contributed by atoms with Crippen molar-refractivity contribution in [2.24, 2.45) is 28.1 Å². The average molecular weight is 548 g/mol. The first-order chi connectivity index (χ1) is 17.3. The van der Waals surface area contributed by atoms with E-state index in [1.165, 1.54) is 11.8 Å². The molecule has 0 bridgehead atoms. The van der Waals surface area contributed by atoms with Crippen molar-refractivity contribution in [2.75, 3.05) is 18.6 Å². The monoisotopic (exact) mass is 547 g/mol. The number of amides is 3. The van der Waals surface area contributed by atoms with Crippen LogP contribution in [-0.4, -0.2) is 88.6 Å². The molecule has 212 valence electrons. The molecule has 15 heteroatoms. The van der Waals surface area contributed by atoms with Crippen molar-refractivity contribution in [3.63, 3.8) is 0 Å². The van der Waals surface area contributed by atoms with E-state index in [1.807, 2.05) is 6.92 Å². The van der Waals surface area contributed by atoms with Crippen molar-refractivity contribution in [2.45, 2.75) is 76.5 Å². The van der Waals surface area contributed by atoms with Gasteiger partial charge in [0.2, 0.25) is 17.7 Å². The molecule has 0 spiro atoms. The smallest absolute Gasteiger partial charge is 0.326 e. The lowest BCUT2D eigenvalue weighted by atomic mass is 9.98.